The topological polar surface area (TPSA) is 23.3 Å². The molecule has 0 radical (unpaired) electrons. The number of rotatable bonds is 8. The smallest absolute Gasteiger partial charge is 0.119 e. The number of ether oxygens (including phenoxy) is 1. The van der Waals surface area contributed by atoms with Gasteiger partial charge in [0.1, 0.15) is 5.75 Å². The van der Waals surface area contributed by atoms with Crippen LogP contribution in [0.4, 0.5) is 0 Å². The first-order valence-electron chi connectivity index (χ1n) is 14.8. The molecule has 0 aromatic heterocycles. The van der Waals surface area contributed by atoms with Crippen molar-refractivity contribution in [1.29, 1.82) is 0 Å². The molecule has 194 valence electrons. The highest BCUT2D eigenvalue weighted by Crippen LogP contribution is 2.56. The summed E-state index contributed by atoms with van der Waals surface area (Å²) in [6.07, 6.45) is 16.6. The maximum Gasteiger partial charge on any atom is 0.119 e. The van der Waals surface area contributed by atoms with Crippen LogP contribution in [0.25, 0.3) is 4.98 Å². The number of hydrogen-bond donors (Lipinski definition) is 0. The van der Waals surface area contributed by atoms with Crippen LogP contribution < -0.4 is 4.74 Å². The van der Waals surface area contributed by atoms with Crippen LogP contribution in [-0.2, 0) is 0 Å². The molecule has 0 saturated heterocycles. The lowest BCUT2D eigenvalue weighted by molar-refractivity contribution is 0.316. The predicted molar refractivity (Wildman–Crippen MR) is 151 cm³/mol. The van der Waals surface area contributed by atoms with Crippen molar-refractivity contribution >= 4 is 8.24 Å². The minimum absolute atomic E-state index is 0.608. The summed E-state index contributed by atoms with van der Waals surface area (Å²) < 4.78 is 6.12. The van der Waals surface area contributed by atoms with Crippen molar-refractivity contribution < 1.29 is 4.74 Å². The molecule has 1 aromatic carbocycles. The average molecular weight is 485 g/mol. The molecule has 0 spiro atoms. The van der Waals surface area contributed by atoms with Crippen LogP contribution in [0.3, 0.4) is 0 Å². The van der Waals surface area contributed by atoms with Gasteiger partial charge in [0.05, 0.1) is 6.61 Å². The lowest BCUT2D eigenvalue weighted by Gasteiger charge is -2.55. The van der Waals surface area contributed by atoms with E-state index < -0.39 is 8.24 Å². The third-order valence-electron chi connectivity index (χ3n) is 9.73. The SMILES string of the molecule is CC1C(C)C(C)C([Si@](C)(CCCOc2ccccc2)[N-]C2CCCCCCCCCCC2)C1C. The van der Waals surface area contributed by atoms with E-state index in [1.165, 1.54) is 76.7 Å². The Balaban J connectivity index is 1.68. The first-order chi connectivity index (χ1) is 16.4. The Bertz CT molecular complexity index is 655. The highest BCUT2D eigenvalue weighted by molar-refractivity contribution is 6.84. The van der Waals surface area contributed by atoms with E-state index in [1.54, 1.807) is 0 Å². The Morgan fingerprint density at radius 1 is 0.735 bits per heavy atom. The van der Waals surface area contributed by atoms with Crippen molar-refractivity contribution in [3.8, 4) is 5.75 Å². The van der Waals surface area contributed by atoms with Crippen molar-refractivity contribution in [3.05, 3.63) is 35.3 Å². The van der Waals surface area contributed by atoms with E-state index in [1.807, 2.05) is 0 Å². The Labute approximate surface area is 213 Å². The molecule has 3 heteroatoms. The van der Waals surface area contributed by atoms with Gasteiger partial charge in [-0.15, -0.1) is 6.04 Å². The van der Waals surface area contributed by atoms with E-state index in [0.717, 1.165) is 48.0 Å². The molecule has 0 bridgehead atoms. The van der Waals surface area contributed by atoms with Gasteiger partial charge in [-0.3, -0.25) is 0 Å². The van der Waals surface area contributed by atoms with E-state index in [4.69, 9.17) is 9.72 Å². The van der Waals surface area contributed by atoms with Gasteiger partial charge in [-0.05, 0) is 42.2 Å². The first kappa shape index (κ1) is 27.8. The monoisotopic (exact) mass is 484 g/mol. The summed E-state index contributed by atoms with van der Waals surface area (Å²) in [5, 5.41) is 0. The molecular formula is C31H54NOSi-. The summed E-state index contributed by atoms with van der Waals surface area (Å²) in [5.41, 5.74) is 0.815. The third kappa shape index (κ3) is 7.85. The van der Waals surface area contributed by atoms with Gasteiger partial charge in [0, 0.05) is 0 Å². The van der Waals surface area contributed by atoms with Gasteiger partial charge in [-0.1, -0.05) is 143 Å². The summed E-state index contributed by atoms with van der Waals surface area (Å²) in [7, 11) is -1.80. The molecule has 2 fully saturated rings. The normalized spacial score (nSPS) is 31.9. The largest absolute Gasteiger partial charge is 0.662 e. The third-order valence-corrected chi connectivity index (χ3v) is 14.5. The molecular weight excluding hydrogens is 430 g/mol. The molecule has 2 aliphatic carbocycles. The molecule has 2 nitrogen and oxygen atoms in total. The van der Waals surface area contributed by atoms with E-state index in [-0.39, 0.29) is 0 Å². The molecule has 34 heavy (non-hydrogen) atoms. The van der Waals surface area contributed by atoms with Gasteiger partial charge in [0.15, 0.2) is 0 Å². The minimum Gasteiger partial charge on any atom is -0.662 e. The zero-order chi connectivity index (χ0) is 24.4. The first-order valence-corrected chi connectivity index (χ1v) is 17.6. The van der Waals surface area contributed by atoms with E-state index in [9.17, 15) is 0 Å². The van der Waals surface area contributed by atoms with Crippen molar-refractivity contribution in [2.24, 2.45) is 23.7 Å². The van der Waals surface area contributed by atoms with Crippen molar-refractivity contribution in [3.63, 3.8) is 0 Å². The fraction of sp³-hybridized carbons (Fsp3) is 0.806. The zero-order valence-corrected chi connectivity index (χ0v) is 24.1. The maximum absolute atomic E-state index is 6.12. The average Bonchev–Trinajstić information content (AvgIpc) is 3.02. The molecule has 5 atom stereocenters. The lowest BCUT2D eigenvalue weighted by atomic mass is 9.92. The van der Waals surface area contributed by atoms with Crippen LogP contribution >= 0.6 is 0 Å². The van der Waals surface area contributed by atoms with Crippen molar-refractivity contribution in [2.75, 3.05) is 6.61 Å². The van der Waals surface area contributed by atoms with Crippen molar-refractivity contribution in [2.45, 2.75) is 129 Å². The van der Waals surface area contributed by atoms with E-state index in [2.05, 4.69) is 64.6 Å². The van der Waals surface area contributed by atoms with Crippen LogP contribution in [0.5, 0.6) is 5.75 Å². The summed E-state index contributed by atoms with van der Waals surface area (Å²) >= 11 is 0. The lowest BCUT2D eigenvalue weighted by Crippen LogP contribution is -2.43. The summed E-state index contributed by atoms with van der Waals surface area (Å²) in [6, 6.07) is 12.2. The van der Waals surface area contributed by atoms with Gasteiger partial charge in [0.2, 0.25) is 0 Å². The summed E-state index contributed by atoms with van der Waals surface area (Å²) in [4.78, 5) is 5.98. The molecule has 0 N–H and O–H groups in total. The minimum atomic E-state index is -1.80. The highest BCUT2D eigenvalue weighted by Gasteiger charge is 2.46. The molecule has 3 rings (SSSR count). The quantitative estimate of drug-likeness (QED) is 0.266. The number of para-hydroxylation sites is 1. The van der Waals surface area contributed by atoms with Crippen molar-refractivity contribution in [1.82, 2.24) is 0 Å². The summed E-state index contributed by atoms with van der Waals surface area (Å²) in [6.45, 7) is 13.6. The second kappa shape index (κ2) is 14.1. The molecule has 2 aliphatic rings. The standard InChI is InChI=1S/C31H54NOSi/c1-25-26(2)28(4)31(27(25)3)34(5,24-18-23-33-30-21-16-13-17-22-30)32-29-19-14-11-9-7-6-8-10-12-15-20-29/h13,16-17,21-22,25-29,31H,6-12,14-15,18-20,23-24H2,1-5H3/q-1/t25?,26?,27?,28?,31?,34-/m0/s1. The van der Waals surface area contributed by atoms with Gasteiger partial charge in [0.25, 0.3) is 0 Å². The number of nitrogens with zero attached hydrogens (tertiary/aromatic N) is 1. The second-order valence-corrected chi connectivity index (χ2v) is 16.3. The molecule has 4 unspecified atom stereocenters. The van der Waals surface area contributed by atoms with Gasteiger partial charge in [-0.25, -0.2) is 0 Å². The highest BCUT2D eigenvalue weighted by atomic mass is 28.3. The molecule has 0 heterocycles. The second-order valence-electron chi connectivity index (χ2n) is 12.1. The number of benzene rings is 1. The Hall–Kier alpha value is -0.803. The predicted octanol–water partition coefficient (Wildman–Crippen LogP) is 10.0. The fourth-order valence-electron chi connectivity index (χ4n) is 7.37. The van der Waals surface area contributed by atoms with Crippen LogP contribution in [0.1, 0.15) is 105 Å². The van der Waals surface area contributed by atoms with E-state index >= 15 is 0 Å². The molecule has 0 aliphatic heterocycles. The van der Waals surface area contributed by atoms with Crippen LogP contribution in [-0.4, -0.2) is 20.9 Å². The Kier molecular flexibility index (Phi) is 11.5. The zero-order valence-electron chi connectivity index (χ0n) is 23.1. The molecule has 0 amide bonds. The molecule has 1 aromatic rings. The van der Waals surface area contributed by atoms with E-state index in [0.29, 0.717) is 6.04 Å². The van der Waals surface area contributed by atoms with Gasteiger partial charge < -0.3 is 9.72 Å². The Morgan fingerprint density at radius 3 is 1.76 bits per heavy atom. The maximum atomic E-state index is 6.12. The molecule has 2 saturated carbocycles. The summed E-state index contributed by atoms with van der Waals surface area (Å²) in [5.74, 6) is 4.24. The van der Waals surface area contributed by atoms with Crippen LogP contribution in [0.15, 0.2) is 30.3 Å². The fourth-order valence-corrected chi connectivity index (χ4v) is 12.8. The van der Waals surface area contributed by atoms with Gasteiger partial charge >= 0.3 is 0 Å². The van der Waals surface area contributed by atoms with Crippen LogP contribution in [0, 0.1) is 23.7 Å². The van der Waals surface area contributed by atoms with Crippen LogP contribution in [0.2, 0.25) is 18.1 Å². The number of hydrogen-bond acceptors (Lipinski definition) is 1. The van der Waals surface area contributed by atoms with Gasteiger partial charge in [-0.2, -0.15) is 0 Å². The Morgan fingerprint density at radius 2 is 1.24 bits per heavy atom.